The van der Waals surface area contributed by atoms with Gasteiger partial charge in [0.05, 0.1) is 0 Å². The highest BCUT2D eigenvalue weighted by Gasteiger charge is 2.11. The third-order valence-electron chi connectivity index (χ3n) is 2.66. The number of nitrogens with one attached hydrogen (secondary N) is 1. The summed E-state index contributed by atoms with van der Waals surface area (Å²) in [6.45, 7) is 1.11. The van der Waals surface area contributed by atoms with Gasteiger partial charge in [-0.15, -0.1) is 12.4 Å². The van der Waals surface area contributed by atoms with E-state index in [-0.39, 0.29) is 24.1 Å². The summed E-state index contributed by atoms with van der Waals surface area (Å²) in [4.78, 5) is 13.3. The molecule has 0 aliphatic rings. The monoisotopic (exact) mass is 352 g/mol. The van der Waals surface area contributed by atoms with Gasteiger partial charge in [-0.2, -0.15) is 0 Å². The van der Waals surface area contributed by atoms with Crippen LogP contribution >= 0.6 is 28.3 Å². The maximum atomic E-state index is 13.5. The van der Waals surface area contributed by atoms with Crippen molar-refractivity contribution < 1.29 is 9.18 Å². The third kappa shape index (κ3) is 6.36. The SMILES string of the molecule is CNCCCC(=O)N(C)Cc1cc(Br)ccc1F.Cl. The van der Waals surface area contributed by atoms with E-state index in [0.29, 0.717) is 18.5 Å². The molecule has 1 aromatic rings. The van der Waals surface area contributed by atoms with Gasteiger partial charge in [0.2, 0.25) is 5.91 Å². The summed E-state index contributed by atoms with van der Waals surface area (Å²) in [6, 6.07) is 4.75. The number of halogens is 3. The molecule has 0 spiro atoms. The van der Waals surface area contributed by atoms with Crippen molar-refractivity contribution in [3.05, 3.63) is 34.1 Å². The van der Waals surface area contributed by atoms with E-state index < -0.39 is 0 Å². The van der Waals surface area contributed by atoms with Crippen LogP contribution < -0.4 is 5.32 Å². The van der Waals surface area contributed by atoms with Crippen molar-refractivity contribution in [1.29, 1.82) is 0 Å². The Bertz CT molecular complexity index is 418. The van der Waals surface area contributed by atoms with Crippen LogP contribution in [0.4, 0.5) is 4.39 Å². The minimum atomic E-state index is -0.284. The van der Waals surface area contributed by atoms with Crippen LogP contribution in [-0.4, -0.2) is 31.4 Å². The van der Waals surface area contributed by atoms with E-state index in [2.05, 4.69) is 21.2 Å². The first-order valence-electron chi connectivity index (χ1n) is 5.87. The summed E-state index contributed by atoms with van der Waals surface area (Å²) in [6.07, 6.45) is 1.27. The Morgan fingerprint density at radius 3 is 2.79 bits per heavy atom. The highest BCUT2D eigenvalue weighted by molar-refractivity contribution is 9.10. The highest BCUT2D eigenvalue weighted by atomic mass is 79.9. The minimum absolute atomic E-state index is 0. The fourth-order valence-corrected chi connectivity index (χ4v) is 2.02. The highest BCUT2D eigenvalue weighted by Crippen LogP contribution is 2.17. The molecule has 0 saturated heterocycles. The van der Waals surface area contributed by atoms with Gasteiger partial charge in [-0.1, -0.05) is 15.9 Å². The molecule has 0 aromatic heterocycles. The molecule has 1 N–H and O–H groups in total. The van der Waals surface area contributed by atoms with Gasteiger partial charge in [0.1, 0.15) is 5.82 Å². The number of benzene rings is 1. The van der Waals surface area contributed by atoms with Crippen molar-refractivity contribution in [1.82, 2.24) is 10.2 Å². The third-order valence-corrected chi connectivity index (χ3v) is 3.15. The predicted octanol–water partition coefficient (Wildman–Crippen LogP) is 2.97. The molecule has 1 rings (SSSR count). The van der Waals surface area contributed by atoms with Gasteiger partial charge in [0.25, 0.3) is 0 Å². The van der Waals surface area contributed by atoms with Crippen molar-refractivity contribution in [3.63, 3.8) is 0 Å². The van der Waals surface area contributed by atoms with Gasteiger partial charge in [-0.3, -0.25) is 4.79 Å². The molecule has 6 heteroatoms. The number of carbonyl (C=O) groups is 1. The fraction of sp³-hybridized carbons (Fsp3) is 0.462. The van der Waals surface area contributed by atoms with Gasteiger partial charge < -0.3 is 10.2 Å². The summed E-state index contributed by atoms with van der Waals surface area (Å²) in [7, 11) is 3.55. The predicted molar refractivity (Wildman–Crippen MR) is 81.0 cm³/mol. The van der Waals surface area contributed by atoms with Crippen molar-refractivity contribution in [3.8, 4) is 0 Å². The van der Waals surface area contributed by atoms with E-state index in [0.717, 1.165) is 17.4 Å². The van der Waals surface area contributed by atoms with Crippen molar-refractivity contribution >= 4 is 34.2 Å². The van der Waals surface area contributed by atoms with Crippen LogP contribution in [0.1, 0.15) is 18.4 Å². The van der Waals surface area contributed by atoms with Crippen LogP contribution in [-0.2, 0) is 11.3 Å². The molecule has 0 atom stereocenters. The maximum absolute atomic E-state index is 13.5. The molecular weight excluding hydrogens is 335 g/mol. The lowest BCUT2D eigenvalue weighted by atomic mass is 10.2. The van der Waals surface area contributed by atoms with Crippen molar-refractivity contribution in [2.24, 2.45) is 0 Å². The second-order valence-electron chi connectivity index (χ2n) is 4.19. The zero-order valence-electron chi connectivity index (χ0n) is 11.1. The van der Waals surface area contributed by atoms with Crippen molar-refractivity contribution in [2.45, 2.75) is 19.4 Å². The number of amides is 1. The number of rotatable bonds is 6. The zero-order chi connectivity index (χ0) is 13.5. The Kier molecular flexibility index (Phi) is 8.97. The number of hydrogen-bond acceptors (Lipinski definition) is 2. The smallest absolute Gasteiger partial charge is 0.222 e. The van der Waals surface area contributed by atoms with Crippen molar-refractivity contribution in [2.75, 3.05) is 20.6 Å². The molecule has 0 radical (unpaired) electrons. The standard InChI is InChI=1S/C13H18BrFN2O.ClH/c1-16-7-3-4-13(18)17(2)9-10-8-11(14)5-6-12(10)15;/h5-6,8,16H,3-4,7,9H2,1-2H3;1H. The molecule has 3 nitrogen and oxygen atoms in total. The summed E-state index contributed by atoms with van der Waals surface area (Å²) < 4.78 is 14.3. The van der Waals surface area contributed by atoms with Gasteiger partial charge in [-0.25, -0.2) is 4.39 Å². The average molecular weight is 354 g/mol. The first-order valence-corrected chi connectivity index (χ1v) is 6.66. The van der Waals surface area contributed by atoms with Crippen LogP contribution in [0, 0.1) is 5.82 Å². The van der Waals surface area contributed by atoms with E-state index in [1.54, 1.807) is 24.1 Å². The summed E-state index contributed by atoms with van der Waals surface area (Å²) >= 11 is 3.30. The quantitative estimate of drug-likeness (QED) is 0.798. The Balaban J connectivity index is 0.00000324. The topological polar surface area (TPSA) is 32.3 Å². The summed E-state index contributed by atoms with van der Waals surface area (Å²) in [5.74, 6) is -0.252. The Labute approximate surface area is 128 Å². The van der Waals surface area contributed by atoms with E-state index in [1.807, 2.05) is 7.05 Å². The van der Waals surface area contributed by atoms with Crippen LogP contribution in [0.5, 0.6) is 0 Å². The molecule has 0 heterocycles. The average Bonchev–Trinajstić information content (AvgIpc) is 2.34. The van der Waals surface area contributed by atoms with E-state index >= 15 is 0 Å². The van der Waals surface area contributed by atoms with Gasteiger partial charge >= 0.3 is 0 Å². The van der Waals surface area contributed by atoms with Gasteiger partial charge in [0, 0.05) is 30.0 Å². The van der Waals surface area contributed by atoms with Crippen LogP contribution in [0.25, 0.3) is 0 Å². The number of hydrogen-bond donors (Lipinski definition) is 1. The van der Waals surface area contributed by atoms with E-state index in [1.165, 1.54) is 6.07 Å². The zero-order valence-corrected chi connectivity index (χ0v) is 13.5. The second kappa shape index (κ2) is 9.28. The summed E-state index contributed by atoms with van der Waals surface area (Å²) in [5.41, 5.74) is 0.522. The second-order valence-corrected chi connectivity index (χ2v) is 5.11. The first kappa shape index (κ1) is 18.4. The maximum Gasteiger partial charge on any atom is 0.222 e. The molecule has 19 heavy (non-hydrogen) atoms. The normalized spacial score (nSPS) is 9.89. The summed E-state index contributed by atoms with van der Waals surface area (Å²) in [5, 5.41) is 2.99. The fourth-order valence-electron chi connectivity index (χ4n) is 1.62. The largest absolute Gasteiger partial charge is 0.341 e. The molecule has 108 valence electrons. The van der Waals surface area contributed by atoms with Gasteiger partial charge in [-0.05, 0) is 38.2 Å². The van der Waals surface area contributed by atoms with Crippen LogP contribution in [0.2, 0.25) is 0 Å². The molecule has 0 unspecified atom stereocenters. The van der Waals surface area contributed by atoms with E-state index in [4.69, 9.17) is 0 Å². The molecule has 0 aliphatic carbocycles. The number of nitrogens with zero attached hydrogens (tertiary/aromatic N) is 1. The first-order chi connectivity index (χ1) is 8.54. The molecule has 0 saturated carbocycles. The molecule has 1 amide bonds. The van der Waals surface area contributed by atoms with Crippen LogP contribution in [0.15, 0.2) is 22.7 Å². The lowest BCUT2D eigenvalue weighted by Crippen LogP contribution is -2.27. The molecule has 1 aromatic carbocycles. The Morgan fingerprint density at radius 2 is 2.16 bits per heavy atom. The molecular formula is C13H19BrClFN2O. The lowest BCUT2D eigenvalue weighted by Gasteiger charge is -2.17. The molecule has 0 aliphatic heterocycles. The molecule has 0 fully saturated rings. The Morgan fingerprint density at radius 1 is 1.47 bits per heavy atom. The number of carbonyl (C=O) groups excluding carboxylic acids is 1. The minimum Gasteiger partial charge on any atom is -0.341 e. The lowest BCUT2D eigenvalue weighted by molar-refractivity contribution is -0.130. The van der Waals surface area contributed by atoms with Crippen LogP contribution in [0.3, 0.4) is 0 Å². The van der Waals surface area contributed by atoms with E-state index in [9.17, 15) is 9.18 Å². The Hall–Kier alpha value is -0.650. The van der Waals surface area contributed by atoms with Gasteiger partial charge in [0.15, 0.2) is 0 Å². The molecule has 0 bridgehead atoms.